The van der Waals surface area contributed by atoms with Gasteiger partial charge < -0.3 is 0 Å². The minimum Gasteiger partial charge on any atom is -0.297 e. The zero-order valence-corrected chi connectivity index (χ0v) is 17.7. The summed E-state index contributed by atoms with van der Waals surface area (Å²) >= 11 is 0. The van der Waals surface area contributed by atoms with Crippen molar-refractivity contribution in [2.24, 2.45) is 10.9 Å². The quantitative estimate of drug-likeness (QED) is 0.506. The van der Waals surface area contributed by atoms with Crippen molar-refractivity contribution in [2.75, 3.05) is 13.1 Å². The van der Waals surface area contributed by atoms with Crippen LogP contribution in [0.15, 0.2) is 89.9 Å². The van der Waals surface area contributed by atoms with Crippen LogP contribution in [0.1, 0.15) is 41.0 Å². The topological polar surface area (TPSA) is 15.6 Å². The van der Waals surface area contributed by atoms with Crippen molar-refractivity contribution in [3.05, 3.63) is 107 Å². The Balaban J connectivity index is 1.55. The van der Waals surface area contributed by atoms with Gasteiger partial charge in [-0.05, 0) is 55.5 Å². The Bertz CT molecular complexity index is 948. The van der Waals surface area contributed by atoms with E-state index < -0.39 is 0 Å². The molecule has 0 amide bonds. The van der Waals surface area contributed by atoms with E-state index in [1.165, 1.54) is 48.2 Å². The van der Waals surface area contributed by atoms with Crippen LogP contribution in [0.5, 0.6) is 0 Å². The SMILES string of the molecule is Cc1cccc(C=N[C@@H]2C3CCN(CC3)[C@@H]2C(c2ccccc2)c2ccccc2)c1. The molecule has 152 valence electrons. The average Bonchev–Trinajstić information content (AvgIpc) is 2.81. The molecule has 2 heteroatoms. The van der Waals surface area contributed by atoms with Crippen molar-refractivity contribution < 1.29 is 0 Å². The highest BCUT2D eigenvalue weighted by atomic mass is 15.2. The first kappa shape index (κ1) is 19.3. The Morgan fingerprint density at radius 3 is 2.07 bits per heavy atom. The minimum atomic E-state index is 0.332. The number of nitrogens with zero attached hydrogens (tertiary/aromatic N) is 2. The van der Waals surface area contributed by atoms with Crippen LogP contribution >= 0.6 is 0 Å². The maximum atomic E-state index is 5.26. The monoisotopic (exact) mass is 394 g/mol. The fourth-order valence-corrected chi connectivity index (χ4v) is 5.50. The van der Waals surface area contributed by atoms with E-state index in [4.69, 9.17) is 4.99 Å². The predicted octanol–water partition coefficient (Wildman–Crippen LogP) is 5.71. The molecule has 30 heavy (non-hydrogen) atoms. The van der Waals surface area contributed by atoms with Crippen molar-refractivity contribution in [3.63, 3.8) is 0 Å². The van der Waals surface area contributed by atoms with E-state index in [2.05, 4.69) is 103 Å². The molecule has 3 heterocycles. The summed E-state index contributed by atoms with van der Waals surface area (Å²) in [5, 5.41) is 0. The maximum Gasteiger partial charge on any atom is 0.0693 e. The van der Waals surface area contributed by atoms with Gasteiger partial charge in [0.15, 0.2) is 0 Å². The molecule has 3 aromatic rings. The maximum absolute atomic E-state index is 5.26. The third-order valence-electron chi connectivity index (χ3n) is 6.93. The van der Waals surface area contributed by atoms with Crippen molar-refractivity contribution in [3.8, 4) is 0 Å². The lowest BCUT2D eigenvalue weighted by Crippen LogP contribution is -2.59. The van der Waals surface area contributed by atoms with Gasteiger partial charge >= 0.3 is 0 Å². The van der Waals surface area contributed by atoms with E-state index in [-0.39, 0.29) is 0 Å². The lowest BCUT2D eigenvalue weighted by atomic mass is 9.71. The van der Waals surface area contributed by atoms with Gasteiger partial charge in [-0.25, -0.2) is 0 Å². The number of rotatable bonds is 5. The summed E-state index contributed by atoms with van der Waals surface area (Å²) in [5.74, 6) is 1.02. The molecule has 3 aliphatic rings. The van der Waals surface area contributed by atoms with E-state index in [9.17, 15) is 0 Å². The fraction of sp³-hybridized carbons (Fsp3) is 0.321. The van der Waals surface area contributed by atoms with Gasteiger partial charge in [0.05, 0.1) is 6.04 Å². The van der Waals surface area contributed by atoms with Crippen LogP contribution in [0.4, 0.5) is 0 Å². The number of piperidine rings is 3. The molecule has 3 fully saturated rings. The largest absolute Gasteiger partial charge is 0.297 e. The molecule has 3 aliphatic heterocycles. The number of benzene rings is 3. The van der Waals surface area contributed by atoms with E-state index in [1.807, 2.05) is 0 Å². The second-order valence-electron chi connectivity index (χ2n) is 8.85. The van der Waals surface area contributed by atoms with Crippen molar-refractivity contribution in [1.82, 2.24) is 4.90 Å². The molecule has 0 radical (unpaired) electrons. The summed E-state index contributed by atoms with van der Waals surface area (Å²) in [6, 6.07) is 31.5. The predicted molar refractivity (Wildman–Crippen MR) is 125 cm³/mol. The Hall–Kier alpha value is -2.71. The minimum absolute atomic E-state index is 0.332. The lowest BCUT2D eigenvalue weighted by molar-refractivity contribution is 0.0215. The van der Waals surface area contributed by atoms with Gasteiger partial charge in [-0.3, -0.25) is 9.89 Å². The average molecular weight is 395 g/mol. The number of aryl methyl sites for hydroxylation is 1. The highest BCUT2D eigenvalue weighted by Crippen LogP contribution is 2.43. The highest BCUT2D eigenvalue weighted by molar-refractivity contribution is 5.80. The molecule has 0 aliphatic carbocycles. The van der Waals surface area contributed by atoms with Crippen molar-refractivity contribution >= 4 is 6.21 Å². The van der Waals surface area contributed by atoms with E-state index in [0.717, 1.165) is 0 Å². The normalized spacial score (nSPS) is 25.8. The molecule has 0 saturated carbocycles. The summed E-state index contributed by atoms with van der Waals surface area (Å²) < 4.78 is 0. The van der Waals surface area contributed by atoms with E-state index >= 15 is 0 Å². The van der Waals surface area contributed by atoms with Crippen LogP contribution in [0, 0.1) is 12.8 Å². The molecule has 2 nitrogen and oxygen atoms in total. The molecular formula is C28H30N2. The first-order valence-electron chi connectivity index (χ1n) is 11.2. The van der Waals surface area contributed by atoms with Gasteiger partial charge in [-0.2, -0.15) is 0 Å². The summed E-state index contributed by atoms with van der Waals surface area (Å²) in [5.41, 5.74) is 5.30. The second-order valence-corrected chi connectivity index (χ2v) is 8.85. The first-order valence-corrected chi connectivity index (χ1v) is 11.2. The molecule has 0 aromatic heterocycles. The van der Waals surface area contributed by atoms with E-state index in [0.29, 0.717) is 23.9 Å². The molecule has 2 atom stereocenters. The van der Waals surface area contributed by atoms with Gasteiger partial charge in [0.25, 0.3) is 0 Å². The molecule has 2 bridgehead atoms. The van der Waals surface area contributed by atoms with Crippen LogP contribution in [0.3, 0.4) is 0 Å². The van der Waals surface area contributed by atoms with Crippen LogP contribution in [0.25, 0.3) is 0 Å². The number of aliphatic imine (C=N–C) groups is 1. The highest BCUT2D eigenvalue weighted by Gasteiger charge is 2.46. The summed E-state index contributed by atoms with van der Waals surface area (Å²) in [7, 11) is 0. The van der Waals surface area contributed by atoms with Crippen molar-refractivity contribution in [2.45, 2.75) is 37.8 Å². The van der Waals surface area contributed by atoms with Gasteiger partial charge in [-0.1, -0.05) is 90.5 Å². The van der Waals surface area contributed by atoms with Crippen molar-refractivity contribution in [1.29, 1.82) is 0 Å². The zero-order chi connectivity index (χ0) is 20.3. The Labute approximate surface area is 180 Å². The van der Waals surface area contributed by atoms with Crippen LogP contribution < -0.4 is 0 Å². The fourth-order valence-electron chi connectivity index (χ4n) is 5.50. The Morgan fingerprint density at radius 1 is 0.833 bits per heavy atom. The molecule has 0 unspecified atom stereocenters. The Morgan fingerprint density at radius 2 is 1.47 bits per heavy atom. The first-order chi connectivity index (χ1) is 14.8. The summed E-state index contributed by atoms with van der Waals surface area (Å²) in [6.45, 7) is 4.54. The second kappa shape index (κ2) is 8.57. The summed E-state index contributed by atoms with van der Waals surface area (Å²) in [4.78, 5) is 7.98. The zero-order valence-electron chi connectivity index (χ0n) is 17.7. The third-order valence-corrected chi connectivity index (χ3v) is 6.93. The molecule has 0 N–H and O–H groups in total. The summed E-state index contributed by atoms with van der Waals surface area (Å²) in [6.07, 6.45) is 4.66. The molecule has 6 rings (SSSR count). The Kier molecular flexibility index (Phi) is 5.50. The van der Waals surface area contributed by atoms with E-state index in [1.54, 1.807) is 0 Å². The smallest absolute Gasteiger partial charge is 0.0693 e. The molecule has 3 aromatic carbocycles. The third kappa shape index (κ3) is 3.85. The standard InChI is InChI=1S/C28H30N2/c1-21-9-8-10-22(19-21)20-29-27-25-15-17-30(18-16-25)28(27)26(23-11-4-2-5-12-23)24-13-6-3-7-14-24/h2-14,19-20,25-28H,15-18H2,1H3/t27-,28-/m1/s1. The van der Waals surface area contributed by atoms with Crippen LogP contribution in [-0.2, 0) is 0 Å². The lowest BCUT2D eigenvalue weighted by Gasteiger charge is -2.52. The van der Waals surface area contributed by atoms with Gasteiger partial charge in [0.2, 0.25) is 0 Å². The number of fused-ring (bicyclic) bond motifs is 3. The van der Waals surface area contributed by atoms with Crippen LogP contribution in [0.2, 0.25) is 0 Å². The van der Waals surface area contributed by atoms with Gasteiger partial charge in [-0.15, -0.1) is 0 Å². The van der Waals surface area contributed by atoms with Crippen LogP contribution in [-0.4, -0.2) is 36.3 Å². The molecule has 3 saturated heterocycles. The molecule has 0 spiro atoms. The number of hydrogen-bond donors (Lipinski definition) is 0. The van der Waals surface area contributed by atoms with Gasteiger partial charge in [0, 0.05) is 18.2 Å². The molecular weight excluding hydrogens is 364 g/mol. The number of hydrogen-bond acceptors (Lipinski definition) is 2. The van der Waals surface area contributed by atoms with Gasteiger partial charge in [0.1, 0.15) is 0 Å².